The molecule has 5 rings (SSSR count). The fourth-order valence-corrected chi connectivity index (χ4v) is 8.16. The molecule has 8 heteroatoms. The summed E-state index contributed by atoms with van der Waals surface area (Å²) >= 11 is 1.58. The Morgan fingerprint density at radius 2 is 1.45 bits per heavy atom. The molecule has 5 aromatic rings. The number of hydrogen-bond donors (Lipinski definition) is 2. The van der Waals surface area contributed by atoms with Gasteiger partial charge in [0.2, 0.25) is 13.3 Å². The highest BCUT2D eigenvalue weighted by Gasteiger charge is 2.32. The van der Waals surface area contributed by atoms with E-state index < -0.39 is 31.2 Å². The zero-order valence-corrected chi connectivity index (χ0v) is 26.3. The lowest BCUT2D eigenvalue weighted by atomic mass is 9.96. The van der Waals surface area contributed by atoms with Gasteiger partial charge >= 0.3 is 5.97 Å². The first-order valence-corrected chi connectivity index (χ1v) is 17.5. The second kappa shape index (κ2) is 14.6. The van der Waals surface area contributed by atoms with Crippen molar-refractivity contribution in [2.45, 2.75) is 25.3 Å². The monoisotopic (exact) mass is 625 g/mol. The van der Waals surface area contributed by atoms with Crippen LogP contribution in [0.2, 0.25) is 0 Å². The maximum Gasteiger partial charge on any atom is 0.328 e. The minimum Gasteiger partial charge on any atom is -0.467 e. The highest BCUT2D eigenvalue weighted by molar-refractivity contribution is 7.58. The number of carbonyl (C=O) groups is 2. The summed E-state index contributed by atoms with van der Waals surface area (Å²) in [6.45, 7) is 0. The Labute approximate surface area is 262 Å². The van der Waals surface area contributed by atoms with E-state index in [1.807, 2.05) is 115 Å². The van der Waals surface area contributed by atoms with Crippen LogP contribution in [-0.4, -0.2) is 42.2 Å². The molecule has 0 aliphatic heterocycles. The molecule has 0 bridgehead atoms. The number of fused-ring (bicyclic) bond motifs is 1. The summed E-state index contributed by atoms with van der Waals surface area (Å²) in [5, 5.41) is 5.90. The molecule has 3 atom stereocenters. The van der Waals surface area contributed by atoms with Gasteiger partial charge in [-0.25, -0.2) is 4.79 Å². The zero-order chi connectivity index (χ0) is 30.9. The maximum atomic E-state index is 13.9. The summed E-state index contributed by atoms with van der Waals surface area (Å²) in [4.78, 5) is 37.8. The number of nitrogens with one attached hydrogen (secondary N) is 1. The van der Waals surface area contributed by atoms with Crippen molar-refractivity contribution in [1.29, 1.82) is 0 Å². The Morgan fingerprint density at radius 3 is 2.16 bits per heavy atom. The van der Waals surface area contributed by atoms with E-state index in [-0.39, 0.29) is 25.2 Å². The standard InChI is InChI=1S/C36H36NO5PS/c1-42-36(39)33(23-31-25-44-34-15-9-8-14-32(31)34)37-35(38)30(24-43(40,41)21-20-26-10-4-2-5-11-26)22-27-16-18-29(19-17-27)28-12-6-3-7-13-28/h2-19,25,30,33H,20-24H2,1H3,(H,37,38)(H,40,41). The van der Waals surface area contributed by atoms with Crippen molar-refractivity contribution in [2.75, 3.05) is 19.4 Å². The predicted molar refractivity (Wildman–Crippen MR) is 178 cm³/mol. The van der Waals surface area contributed by atoms with Gasteiger partial charge in [-0.05, 0) is 57.5 Å². The third-order valence-corrected chi connectivity index (χ3v) is 10.7. The van der Waals surface area contributed by atoms with Crippen LogP contribution < -0.4 is 5.32 Å². The molecule has 0 spiro atoms. The number of ether oxygens (including phenoxy) is 1. The van der Waals surface area contributed by atoms with Crippen LogP contribution in [0.1, 0.15) is 16.7 Å². The third kappa shape index (κ3) is 8.32. The molecule has 6 nitrogen and oxygen atoms in total. The minimum atomic E-state index is -3.70. The van der Waals surface area contributed by atoms with E-state index in [0.29, 0.717) is 6.42 Å². The molecule has 3 unspecified atom stereocenters. The third-order valence-electron chi connectivity index (χ3n) is 7.80. The van der Waals surface area contributed by atoms with Gasteiger partial charge in [-0.3, -0.25) is 9.36 Å². The van der Waals surface area contributed by atoms with E-state index in [1.165, 1.54) is 7.11 Å². The normalized spacial score (nSPS) is 14.0. The van der Waals surface area contributed by atoms with E-state index >= 15 is 0 Å². The molecule has 0 saturated carbocycles. The molecule has 0 aliphatic rings. The Bertz CT molecular complexity index is 1740. The first kappa shape index (κ1) is 31.4. The van der Waals surface area contributed by atoms with Crippen molar-refractivity contribution in [2.24, 2.45) is 5.92 Å². The lowest BCUT2D eigenvalue weighted by Crippen LogP contribution is -2.46. The number of hydrogen-bond acceptors (Lipinski definition) is 5. The molecule has 226 valence electrons. The summed E-state index contributed by atoms with van der Waals surface area (Å²) in [5.41, 5.74) is 4.89. The fourth-order valence-electron chi connectivity index (χ4n) is 5.41. The van der Waals surface area contributed by atoms with E-state index in [2.05, 4.69) is 5.32 Å². The molecular formula is C36H36NO5PS. The Morgan fingerprint density at radius 1 is 0.818 bits per heavy atom. The predicted octanol–water partition coefficient (Wildman–Crippen LogP) is 7.14. The molecule has 1 aromatic heterocycles. The van der Waals surface area contributed by atoms with Crippen LogP contribution in [0.4, 0.5) is 0 Å². The number of thiophene rings is 1. The van der Waals surface area contributed by atoms with Gasteiger partial charge in [0, 0.05) is 23.4 Å². The van der Waals surface area contributed by atoms with Crippen molar-refractivity contribution in [1.82, 2.24) is 5.32 Å². The van der Waals surface area contributed by atoms with Crippen molar-refractivity contribution in [3.63, 3.8) is 0 Å². The Balaban J connectivity index is 1.36. The lowest BCUT2D eigenvalue weighted by molar-refractivity contribution is -0.145. The molecule has 1 amide bonds. The topological polar surface area (TPSA) is 92.7 Å². The Kier molecular flexibility index (Phi) is 10.4. The van der Waals surface area contributed by atoms with Crippen LogP contribution in [0.25, 0.3) is 21.2 Å². The highest BCUT2D eigenvalue weighted by atomic mass is 32.1. The first-order valence-electron chi connectivity index (χ1n) is 14.6. The van der Waals surface area contributed by atoms with Crippen LogP contribution in [0.3, 0.4) is 0 Å². The van der Waals surface area contributed by atoms with Gasteiger partial charge in [0.15, 0.2) is 0 Å². The number of aryl methyl sites for hydroxylation is 1. The summed E-state index contributed by atoms with van der Waals surface area (Å²) in [6.07, 6.45) is 0.818. The fraction of sp³-hybridized carbons (Fsp3) is 0.222. The van der Waals surface area contributed by atoms with Gasteiger partial charge in [-0.2, -0.15) is 0 Å². The largest absolute Gasteiger partial charge is 0.467 e. The van der Waals surface area contributed by atoms with Crippen molar-refractivity contribution >= 4 is 40.7 Å². The maximum absolute atomic E-state index is 13.9. The van der Waals surface area contributed by atoms with Crippen molar-refractivity contribution in [3.8, 4) is 11.1 Å². The van der Waals surface area contributed by atoms with Crippen LogP contribution in [0.15, 0.2) is 115 Å². The van der Waals surface area contributed by atoms with Crippen molar-refractivity contribution in [3.05, 3.63) is 131 Å². The molecule has 0 fully saturated rings. The van der Waals surface area contributed by atoms with E-state index in [1.54, 1.807) is 11.3 Å². The van der Waals surface area contributed by atoms with E-state index in [4.69, 9.17) is 4.74 Å². The zero-order valence-electron chi connectivity index (χ0n) is 24.6. The average Bonchev–Trinajstić information content (AvgIpc) is 3.46. The van der Waals surface area contributed by atoms with Crippen molar-refractivity contribution < 1.29 is 23.8 Å². The lowest BCUT2D eigenvalue weighted by Gasteiger charge is -2.23. The number of carbonyl (C=O) groups excluding carboxylic acids is 2. The van der Waals surface area contributed by atoms with E-state index in [9.17, 15) is 19.0 Å². The average molecular weight is 626 g/mol. The van der Waals surface area contributed by atoms with Crippen LogP contribution in [0, 0.1) is 5.92 Å². The molecule has 4 aromatic carbocycles. The number of benzene rings is 4. The Hall–Kier alpha value is -4.03. The van der Waals surface area contributed by atoms with Gasteiger partial charge < -0.3 is 14.9 Å². The minimum absolute atomic E-state index is 0.0645. The second-order valence-electron chi connectivity index (χ2n) is 11.0. The van der Waals surface area contributed by atoms with Gasteiger partial charge in [0.1, 0.15) is 6.04 Å². The molecular weight excluding hydrogens is 589 g/mol. The molecule has 0 radical (unpaired) electrons. The van der Waals surface area contributed by atoms with Crippen LogP contribution in [0.5, 0.6) is 0 Å². The number of rotatable bonds is 13. The number of methoxy groups -OCH3 is 1. The number of amides is 1. The summed E-state index contributed by atoms with van der Waals surface area (Å²) in [7, 11) is -2.40. The molecule has 1 heterocycles. The smallest absolute Gasteiger partial charge is 0.328 e. The quantitative estimate of drug-likeness (QED) is 0.107. The van der Waals surface area contributed by atoms with Gasteiger partial charge in [0.05, 0.1) is 13.0 Å². The molecule has 2 N–H and O–H groups in total. The summed E-state index contributed by atoms with van der Waals surface area (Å²) in [6, 6.07) is 34.4. The SMILES string of the molecule is COC(=O)C(Cc1csc2ccccc12)NC(=O)C(Cc1ccc(-c2ccccc2)cc1)CP(=O)(O)CCc1ccccc1. The van der Waals surface area contributed by atoms with Crippen LogP contribution in [-0.2, 0) is 38.2 Å². The van der Waals surface area contributed by atoms with Crippen LogP contribution >= 0.6 is 18.7 Å². The number of esters is 1. The van der Waals surface area contributed by atoms with Gasteiger partial charge in [0.25, 0.3) is 0 Å². The molecule has 44 heavy (non-hydrogen) atoms. The highest BCUT2D eigenvalue weighted by Crippen LogP contribution is 2.44. The summed E-state index contributed by atoms with van der Waals surface area (Å²) in [5.74, 6) is -1.83. The second-order valence-corrected chi connectivity index (χ2v) is 14.4. The van der Waals surface area contributed by atoms with E-state index in [0.717, 1.165) is 37.9 Å². The molecule has 0 aliphatic carbocycles. The van der Waals surface area contributed by atoms with Gasteiger partial charge in [-0.1, -0.05) is 103 Å². The van der Waals surface area contributed by atoms with Gasteiger partial charge in [-0.15, -0.1) is 11.3 Å². The molecule has 0 saturated heterocycles. The first-order chi connectivity index (χ1) is 21.3. The summed E-state index contributed by atoms with van der Waals surface area (Å²) < 4.78 is 19.6.